The average molecular weight is 291 g/mol. The maximum atomic E-state index is 12.3. The molecule has 0 aromatic heterocycles. The third kappa shape index (κ3) is 3.88. The van der Waals surface area contributed by atoms with Crippen LogP contribution in [-0.2, 0) is 0 Å². The molecule has 1 atom stereocenters. The number of benzene rings is 1. The van der Waals surface area contributed by atoms with Crippen LogP contribution < -0.4 is 15.8 Å². The molecular formula is C16H25N3O2. The van der Waals surface area contributed by atoms with Crippen molar-refractivity contribution >= 4 is 11.6 Å². The number of hydrogen-bond acceptors (Lipinski definition) is 4. The summed E-state index contributed by atoms with van der Waals surface area (Å²) in [4.78, 5) is 14.7. The number of nitrogens with one attached hydrogen (secondary N) is 1. The van der Waals surface area contributed by atoms with Gasteiger partial charge < -0.3 is 15.8 Å². The molecule has 1 aromatic carbocycles. The number of anilines is 1. The summed E-state index contributed by atoms with van der Waals surface area (Å²) in [7, 11) is 1.55. The minimum atomic E-state index is -0.143. The van der Waals surface area contributed by atoms with Gasteiger partial charge in [0.1, 0.15) is 5.75 Å². The molecule has 0 spiro atoms. The van der Waals surface area contributed by atoms with Gasteiger partial charge in [0, 0.05) is 12.6 Å². The first-order valence-electron chi connectivity index (χ1n) is 7.58. The van der Waals surface area contributed by atoms with E-state index in [1.165, 1.54) is 19.3 Å². The SMILES string of the molecule is COc1cccc(C(=O)NCC(C)N2CCCCC2)c1N. The lowest BCUT2D eigenvalue weighted by Crippen LogP contribution is -2.44. The second kappa shape index (κ2) is 7.31. The summed E-state index contributed by atoms with van der Waals surface area (Å²) >= 11 is 0. The van der Waals surface area contributed by atoms with Crippen LogP contribution in [0.2, 0.25) is 0 Å². The van der Waals surface area contributed by atoms with Crippen molar-refractivity contribution in [2.75, 3.05) is 32.5 Å². The lowest BCUT2D eigenvalue weighted by molar-refractivity contribution is 0.0930. The Bertz CT molecular complexity index is 484. The van der Waals surface area contributed by atoms with E-state index in [9.17, 15) is 4.79 Å². The Morgan fingerprint density at radius 1 is 1.38 bits per heavy atom. The van der Waals surface area contributed by atoms with Gasteiger partial charge in [0.15, 0.2) is 0 Å². The number of nitrogens with zero attached hydrogens (tertiary/aromatic N) is 1. The number of carbonyl (C=O) groups is 1. The van der Waals surface area contributed by atoms with Gasteiger partial charge >= 0.3 is 0 Å². The zero-order valence-corrected chi connectivity index (χ0v) is 12.9. The first-order valence-corrected chi connectivity index (χ1v) is 7.58. The molecule has 1 heterocycles. The van der Waals surface area contributed by atoms with E-state index in [0.717, 1.165) is 13.1 Å². The molecule has 1 amide bonds. The molecule has 0 saturated carbocycles. The van der Waals surface area contributed by atoms with Gasteiger partial charge in [0.2, 0.25) is 0 Å². The van der Waals surface area contributed by atoms with E-state index in [2.05, 4.69) is 17.1 Å². The molecule has 21 heavy (non-hydrogen) atoms. The van der Waals surface area contributed by atoms with E-state index in [4.69, 9.17) is 10.5 Å². The first kappa shape index (κ1) is 15.6. The number of methoxy groups -OCH3 is 1. The number of likely N-dealkylation sites (tertiary alicyclic amines) is 1. The minimum absolute atomic E-state index is 0.143. The maximum absolute atomic E-state index is 12.3. The van der Waals surface area contributed by atoms with Crippen molar-refractivity contribution in [3.05, 3.63) is 23.8 Å². The van der Waals surface area contributed by atoms with Crippen molar-refractivity contribution in [2.45, 2.75) is 32.2 Å². The van der Waals surface area contributed by atoms with Gasteiger partial charge in [-0.15, -0.1) is 0 Å². The lowest BCUT2D eigenvalue weighted by atomic mass is 10.1. The molecule has 1 fully saturated rings. The summed E-state index contributed by atoms with van der Waals surface area (Å²) < 4.78 is 5.14. The Kier molecular flexibility index (Phi) is 5.44. The third-order valence-corrected chi connectivity index (χ3v) is 4.10. The minimum Gasteiger partial charge on any atom is -0.495 e. The van der Waals surface area contributed by atoms with Crippen LogP contribution >= 0.6 is 0 Å². The smallest absolute Gasteiger partial charge is 0.253 e. The van der Waals surface area contributed by atoms with Crippen molar-refractivity contribution in [3.8, 4) is 5.75 Å². The topological polar surface area (TPSA) is 67.6 Å². The van der Waals surface area contributed by atoms with Crippen LogP contribution in [0.25, 0.3) is 0 Å². The normalized spacial score (nSPS) is 17.2. The van der Waals surface area contributed by atoms with Crippen molar-refractivity contribution in [1.29, 1.82) is 0 Å². The van der Waals surface area contributed by atoms with E-state index in [1.54, 1.807) is 25.3 Å². The number of ether oxygens (including phenoxy) is 1. The van der Waals surface area contributed by atoms with Gasteiger partial charge in [-0.1, -0.05) is 12.5 Å². The van der Waals surface area contributed by atoms with Gasteiger partial charge in [0.25, 0.3) is 5.91 Å². The number of para-hydroxylation sites is 1. The number of hydrogen-bond donors (Lipinski definition) is 2. The van der Waals surface area contributed by atoms with Crippen LogP contribution in [-0.4, -0.2) is 43.6 Å². The predicted octanol–water partition coefficient (Wildman–Crippen LogP) is 1.88. The molecule has 116 valence electrons. The van der Waals surface area contributed by atoms with Crippen molar-refractivity contribution in [3.63, 3.8) is 0 Å². The van der Waals surface area contributed by atoms with Crippen molar-refractivity contribution < 1.29 is 9.53 Å². The molecule has 0 bridgehead atoms. The van der Waals surface area contributed by atoms with Gasteiger partial charge in [-0.3, -0.25) is 9.69 Å². The monoisotopic (exact) mass is 291 g/mol. The van der Waals surface area contributed by atoms with Crippen LogP contribution in [0.3, 0.4) is 0 Å². The first-order chi connectivity index (χ1) is 10.1. The van der Waals surface area contributed by atoms with Crippen LogP contribution in [0, 0.1) is 0 Å². The summed E-state index contributed by atoms with van der Waals surface area (Å²) in [6, 6.07) is 5.60. The van der Waals surface area contributed by atoms with E-state index in [1.807, 2.05) is 0 Å². The molecule has 5 nitrogen and oxygen atoms in total. The lowest BCUT2D eigenvalue weighted by Gasteiger charge is -2.32. The van der Waals surface area contributed by atoms with E-state index in [0.29, 0.717) is 29.6 Å². The highest BCUT2D eigenvalue weighted by Gasteiger charge is 2.18. The fourth-order valence-corrected chi connectivity index (χ4v) is 2.74. The zero-order valence-electron chi connectivity index (χ0n) is 12.9. The molecule has 1 aromatic rings. The second-order valence-electron chi connectivity index (χ2n) is 5.58. The quantitative estimate of drug-likeness (QED) is 0.813. The summed E-state index contributed by atoms with van der Waals surface area (Å²) in [6.45, 7) is 5.03. The third-order valence-electron chi connectivity index (χ3n) is 4.10. The largest absolute Gasteiger partial charge is 0.495 e. The van der Waals surface area contributed by atoms with Gasteiger partial charge in [0.05, 0.1) is 18.4 Å². The van der Waals surface area contributed by atoms with E-state index in [-0.39, 0.29) is 5.91 Å². The van der Waals surface area contributed by atoms with Crippen LogP contribution in [0.1, 0.15) is 36.5 Å². The highest BCUT2D eigenvalue weighted by atomic mass is 16.5. The molecule has 1 aliphatic heterocycles. The van der Waals surface area contributed by atoms with Crippen molar-refractivity contribution in [2.24, 2.45) is 0 Å². The Hall–Kier alpha value is -1.75. The fourth-order valence-electron chi connectivity index (χ4n) is 2.74. The maximum Gasteiger partial charge on any atom is 0.253 e. The second-order valence-corrected chi connectivity index (χ2v) is 5.58. The highest BCUT2D eigenvalue weighted by Crippen LogP contribution is 2.24. The standard InChI is InChI=1S/C16H25N3O2/c1-12(19-9-4-3-5-10-19)11-18-16(20)13-7-6-8-14(21-2)15(13)17/h6-8,12H,3-5,9-11,17H2,1-2H3,(H,18,20). The van der Waals surface area contributed by atoms with Crippen LogP contribution in [0.5, 0.6) is 5.75 Å². The summed E-state index contributed by atoms with van der Waals surface area (Å²) in [5.74, 6) is 0.391. The Morgan fingerprint density at radius 3 is 2.76 bits per heavy atom. The molecule has 5 heteroatoms. The highest BCUT2D eigenvalue weighted by molar-refractivity contribution is 6.00. The number of nitrogens with two attached hydrogens (primary N) is 1. The molecular weight excluding hydrogens is 266 g/mol. The Morgan fingerprint density at radius 2 is 2.10 bits per heavy atom. The zero-order chi connectivity index (χ0) is 15.2. The number of nitrogen functional groups attached to an aromatic ring is 1. The Labute approximate surface area is 126 Å². The molecule has 0 aliphatic carbocycles. The van der Waals surface area contributed by atoms with E-state index >= 15 is 0 Å². The van der Waals surface area contributed by atoms with Crippen LogP contribution in [0.15, 0.2) is 18.2 Å². The summed E-state index contributed by atoms with van der Waals surface area (Å²) in [5, 5.41) is 2.97. The van der Waals surface area contributed by atoms with Crippen molar-refractivity contribution in [1.82, 2.24) is 10.2 Å². The average Bonchev–Trinajstić information content (AvgIpc) is 2.53. The van der Waals surface area contributed by atoms with Gasteiger partial charge in [-0.2, -0.15) is 0 Å². The molecule has 0 radical (unpaired) electrons. The van der Waals surface area contributed by atoms with Gasteiger partial charge in [-0.05, 0) is 45.0 Å². The predicted molar refractivity (Wildman–Crippen MR) is 84.6 cm³/mol. The number of rotatable bonds is 5. The fraction of sp³-hybridized carbons (Fsp3) is 0.562. The number of carbonyl (C=O) groups excluding carboxylic acids is 1. The molecule has 3 N–H and O–H groups in total. The van der Waals surface area contributed by atoms with E-state index < -0.39 is 0 Å². The van der Waals surface area contributed by atoms with Crippen LogP contribution in [0.4, 0.5) is 5.69 Å². The molecule has 2 rings (SSSR count). The molecule has 1 aliphatic rings. The van der Waals surface area contributed by atoms with Gasteiger partial charge in [-0.25, -0.2) is 0 Å². The summed E-state index contributed by atoms with van der Waals surface area (Å²) in [5.41, 5.74) is 6.81. The number of amides is 1. The Balaban J connectivity index is 1.92. The molecule has 1 unspecified atom stereocenters. The summed E-state index contributed by atoms with van der Waals surface area (Å²) in [6.07, 6.45) is 3.82. The number of piperidine rings is 1. The molecule has 1 saturated heterocycles.